The lowest BCUT2D eigenvalue weighted by molar-refractivity contribution is 0.0948. The fourth-order valence-corrected chi connectivity index (χ4v) is 0.671. The number of carbonyl (C=O) groups is 1. The number of carbonyl (C=O) groups excluding carboxylic acids is 1. The van der Waals surface area contributed by atoms with E-state index in [0.29, 0.717) is 0 Å². The van der Waals surface area contributed by atoms with Crippen LogP contribution in [-0.2, 0) is 0 Å². The first-order valence-corrected chi connectivity index (χ1v) is 2.97. The highest BCUT2D eigenvalue weighted by molar-refractivity contribution is 5.93. The topological polar surface area (TPSA) is 68.0 Å². The minimum Gasteiger partial charge on any atom is -0.290 e. The summed E-state index contributed by atoms with van der Waals surface area (Å²) in [6.45, 7) is 0. The Morgan fingerprint density at radius 1 is 1.58 bits per heavy atom. The average molecular weight is 173 g/mol. The first kappa shape index (κ1) is 8.54. The number of nitrogens with two attached hydrogens (primary N) is 1. The molecule has 1 amide bonds. The number of hydrogen-bond donors (Lipinski definition) is 2. The molecule has 64 valence electrons. The van der Waals surface area contributed by atoms with E-state index in [2.05, 4.69) is 4.98 Å². The van der Waals surface area contributed by atoms with Crippen molar-refractivity contribution in [3.63, 3.8) is 0 Å². The van der Waals surface area contributed by atoms with Crippen LogP contribution in [0.25, 0.3) is 0 Å². The lowest BCUT2D eigenvalue weighted by atomic mass is 10.2. The van der Waals surface area contributed by atoms with E-state index < -0.39 is 23.2 Å². The van der Waals surface area contributed by atoms with Crippen molar-refractivity contribution in [3.8, 4) is 0 Å². The molecule has 0 spiro atoms. The van der Waals surface area contributed by atoms with Gasteiger partial charge in [0.1, 0.15) is 0 Å². The van der Waals surface area contributed by atoms with Crippen LogP contribution in [0.15, 0.2) is 12.3 Å². The van der Waals surface area contributed by atoms with Crippen molar-refractivity contribution in [2.24, 2.45) is 5.84 Å². The Bertz CT molecular complexity index is 316. The first-order valence-electron chi connectivity index (χ1n) is 2.97. The Kier molecular flexibility index (Phi) is 2.29. The highest BCUT2D eigenvalue weighted by Crippen LogP contribution is 2.07. The summed E-state index contributed by atoms with van der Waals surface area (Å²) in [5.41, 5.74) is 1.21. The number of amides is 1. The van der Waals surface area contributed by atoms with Gasteiger partial charge in [0.05, 0.1) is 5.56 Å². The predicted octanol–water partition coefficient (Wildman–Crippen LogP) is -0.0367. The molecule has 0 atom stereocenters. The van der Waals surface area contributed by atoms with E-state index in [1.165, 1.54) is 0 Å². The second-order valence-corrected chi connectivity index (χ2v) is 1.94. The highest BCUT2D eigenvalue weighted by atomic mass is 19.2. The maximum atomic E-state index is 12.7. The van der Waals surface area contributed by atoms with Gasteiger partial charge in [-0.25, -0.2) is 15.2 Å². The molecular formula is C6H5F2N3O. The van der Waals surface area contributed by atoms with Crippen LogP contribution in [0.1, 0.15) is 10.4 Å². The predicted molar refractivity (Wildman–Crippen MR) is 35.8 cm³/mol. The Labute approximate surface area is 66.4 Å². The fraction of sp³-hybridized carbons (Fsp3) is 0. The molecule has 0 aliphatic rings. The molecule has 6 heteroatoms. The minimum absolute atomic E-state index is 0.468. The van der Waals surface area contributed by atoms with Gasteiger partial charge in [-0.15, -0.1) is 0 Å². The van der Waals surface area contributed by atoms with Gasteiger partial charge in [-0.3, -0.25) is 10.2 Å². The van der Waals surface area contributed by atoms with Gasteiger partial charge in [0.25, 0.3) is 5.91 Å². The summed E-state index contributed by atoms with van der Waals surface area (Å²) in [6, 6.07) is 1.03. The van der Waals surface area contributed by atoms with Gasteiger partial charge in [-0.2, -0.15) is 4.39 Å². The molecule has 1 heterocycles. The normalized spacial score (nSPS) is 9.58. The Morgan fingerprint density at radius 2 is 2.25 bits per heavy atom. The largest absolute Gasteiger partial charge is 0.290 e. The molecule has 0 radical (unpaired) electrons. The van der Waals surface area contributed by atoms with Crippen molar-refractivity contribution in [2.45, 2.75) is 0 Å². The number of nitrogens with one attached hydrogen (secondary N) is 1. The van der Waals surface area contributed by atoms with E-state index in [9.17, 15) is 13.6 Å². The highest BCUT2D eigenvalue weighted by Gasteiger charge is 2.14. The molecule has 0 aromatic carbocycles. The van der Waals surface area contributed by atoms with E-state index in [0.717, 1.165) is 12.3 Å². The monoisotopic (exact) mass is 173 g/mol. The summed E-state index contributed by atoms with van der Waals surface area (Å²) >= 11 is 0. The number of nitrogen functional groups attached to an aromatic ring is 1. The molecule has 0 saturated heterocycles. The number of pyridine rings is 1. The number of hydrazine groups is 1. The van der Waals surface area contributed by atoms with E-state index in [1.807, 2.05) is 0 Å². The van der Waals surface area contributed by atoms with Crippen LogP contribution in [0, 0.1) is 11.8 Å². The molecular weight excluding hydrogens is 168 g/mol. The maximum Gasteiger partial charge on any atom is 0.268 e. The van der Waals surface area contributed by atoms with Gasteiger partial charge < -0.3 is 0 Å². The molecule has 0 saturated carbocycles. The summed E-state index contributed by atoms with van der Waals surface area (Å²) in [7, 11) is 0. The lowest BCUT2D eigenvalue weighted by Gasteiger charge is -1.99. The van der Waals surface area contributed by atoms with Crippen molar-refractivity contribution in [2.75, 3.05) is 0 Å². The number of rotatable bonds is 1. The molecule has 1 aromatic heterocycles. The Morgan fingerprint density at radius 3 is 2.83 bits per heavy atom. The second-order valence-electron chi connectivity index (χ2n) is 1.94. The van der Waals surface area contributed by atoms with Crippen molar-refractivity contribution in [1.82, 2.24) is 10.4 Å². The lowest BCUT2D eigenvalue weighted by Crippen LogP contribution is -2.31. The van der Waals surface area contributed by atoms with E-state index in [4.69, 9.17) is 5.84 Å². The fourth-order valence-electron chi connectivity index (χ4n) is 0.671. The van der Waals surface area contributed by atoms with Crippen molar-refractivity contribution in [1.29, 1.82) is 0 Å². The van der Waals surface area contributed by atoms with Gasteiger partial charge in [0.15, 0.2) is 5.82 Å². The van der Waals surface area contributed by atoms with Crippen molar-refractivity contribution < 1.29 is 13.6 Å². The van der Waals surface area contributed by atoms with Crippen molar-refractivity contribution >= 4 is 5.91 Å². The minimum atomic E-state index is -1.32. The third kappa shape index (κ3) is 1.37. The zero-order chi connectivity index (χ0) is 9.14. The Hall–Kier alpha value is -1.56. The number of hydrogen-bond acceptors (Lipinski definition) is 3. The van der Waals surface area contributed by atoms with Gasteiger partial charge in [-0.05, 0) is 6.07 Å². The van der Waals surface area contributed by atoms with Crippen LogP contribution < -0.4 is 11.3 Å². The average Bonchev–Trinajstić information content (AvgIpc) is 2.08. The molecule has 0 unspecified atom stereocenters. The molecule has 0 aliphatic heterocycles. The van der Waals surface area contributed by atoms with Gasteiger partial charge in [-0.1, -0.05) is 0 Å². The van der Waals surface area contributed by atoms with Gasteiger partial charge >= 0.3 is 0 Å². The number of halogens is 2. The van der Waals surface area contributed by atoms with Crippen LogP contribution in [0.2, 0.25) is 0 Å². The Balaban J connectivity index is 3.16. The first-order chi connectivity index (χ1) is 5.66. The molecule has 1 rings (SSSR count). The van der Waals surface area contributed by atoms with Crippen molar-refractivity contribution in [3.05, 3.63) is 29.6 Å². The molecule has 4 nitrogen and oxygen atoms in total. The summed E-state index contributed by atoms with van der Waals surface area (Å²) in [5.74, 6) is 1.19. The van der Waals surface area contributed by atoms with Crippen LogP contribution in [0.3, 0.4) is 0 Å². The van der Waals surface area contributed by atoms with Crippen LogP contribution in [0.4, 0.5) is 8.78 Å². The summed E-state index contributed by atoms with van der Waals surface area (Å²) in [6.07, 6.45) is 0.975. The summed E-state index contributed by atoms with van der Waals surface area (Å²) in [4.78, 5) is 13.7. The van der Waals surface area contributed by atoms with E-state index in [-0.39, 0.29) is 0 Å². The van der Waals surface area contributed by atoms with Crippen LogP contribution in [-0.4, -0.2) is 10.9 Å². The molecule has 0 fully saturated rings. The maximum absolute atomic E-state index is 12.7. The number of nitrogens with zero attached hydrogens (tertiary/aromatic N) is 1. The van der Waals surface area contributed by atoms with Crippen LogP contribution >= 0.6 is 0 Å². The van der Waals surface area contributed by atoms with E-state index in [1.54, 1.807) is 5.43 Å². The smallest absolute Gasteiger partial charge is 0.268 e. The standard InChI is InChI=1S/C6H5F2N3O/c7-4-3(6(12)11-9)1-2-10-5(4)8/h1-2H,9H2,(H,11,12). The SMILES string of the molecule is NNC(=O)c1ccnc(F)c1F. The third-order valence-electron chi connectivity index (χ3n) is 1.22. The second kappa shape index (κ2) is 3.22. The third-order valence-corrected chi connectivity index (χ3v) is 1.22. The quantitative estimate of drug-likeness (QED) is 0.271. The zero-order valence-corrected chi connectivity index (χ0v) is 5.84. The van der Waals surface area contributed by atoms with Gasteiger partial charge in [0, 0.05) is 6.20 Å². The molecule has 0 bridgehead atoms. The summed E-state index contributed by atoms with van der Waals surface area (Å²) < 4.78 is 25.1. The number of aromatic nitrogens is 1. The molecule has 12 heavy (non-hydrogen) atoms. The molecule has 0 aliphatic carbocycles. The zero-order valence-electron chi connectivity index (χ0n) is 5.84. The molecule has 1 aromatic rings. The van der Waals surface area contributed by atoms with E-state index >= 15 is 0 Å². The van der Waals surface area contributed by atoms with Gasteiger partial charge in [0.2, 0.25) is 5.95 Å². The molecule has 3 N–H and O–H groups in total. The summed E-state index contributed by atoms with van der Waals surface area (Å²) in [5, 5.41) is 0. The van der Waals surface area contributed by atoms with Crippen LogP contribution in [0.5, 0.6) is 0 Å².